The van der Waals surface area contributed by atoms with Gasteiger partial charge in [0, 0.05) is 18.9 Å². The Labute approximate surface area is 164 Å². The molecule has 0 aliphatic carbocycles. The van der Waals surface area contributed by atoms with Crippen molar-refractivity contribution >= 4 is 23.1 Å². The summed E-state index contributed by atoms with van der Waals surface area (Å²) in [5.41, 5.74) is 2.12. The van der Waals surface area contributed by atoms with Crippen molar-refractivity contribution in [2.75, 3.05) is 23.8 Å². The zero-order valence-corrected chi connectivity index (χ0v) is 15.6. The maximum Gasteiger partial charge on any atom is 0.235 e. The fraction of sp³-hybridized carbons (Fsp3) is 0.217. The van der Waals surface area contributed by atoms with Gasteiger partial charge < -0.3 is 15.4 Å². The molecule has 28 heavy (non-hydrogen) atoms. The summed E-state index contributed by atoms with van der Waals surface area (Å²) in [7, 11) is 0. The van der Waals surface area contributed by atoms with Crippen LogP contribution in [0.2, 0.25) is 0 Å². The number of nitrogens with one attached hydrogen (secondary N) is 2. The molecule has 142 valence electrons. The lowest BCUT2D eigenvalue weighted by atomic mass is 9.73. The van der Waals surface area contributed by atoms with Crippen LogP contribution in [0, 0.1) is 0 Å². The average Bonchev–Trinajstić information content (AvgIpc) is 2.77. The fourth-order valence-electron chi connectivity index (χ4n) is 3.59. The first-order valence-corrected chi connectivity index (χ1v) is 9.49. The molecule has 1 aromatic heterocycles. The van der Waals surface area contributed by atoms with Crippen molar-refractivity contribution in [2.24, 2.45) is 0 Å². The number of carbonyl (C=O) groups excluding carboxylic acids is 1. The van der Waals surface area contributed by atoms with Gasteiger partial charge in [0.1, 0.15) is 5.82 Å². The van der Waals surface area contributed by atoms with Crippen LogP contribution in [0.25, 0.3) is 0 Å². The summed E-state index contributed by atoms with van der Waals surface area (Å²) >= 11 is 0. The smallest absolute Gasteiger partial charge is 0.235 e. The van der Waals surface area contributed by atoms with Crippen molar-refractivity contribution in [3.63, 3.8) is 0 Å². The van der Waals surface area contributed by atoms with Crippen molar-refractivity contribution in [1.82, 2.24) is 4.98 Å². The summed E-state index contributed by atoms with van der Waals surface area (Å²) in [6.45, 7) is 1.17. The number of benzene rings is 2. The van der Waals surface area contributed by atoms with Gasteiger partial charge in [-0.3, -0.25) is 4.79 Å². The number of rotatable bonds is 5. The lowest BCUT2D eigenvalue weighted by Gasteiger charge is -2.36. The van der Waals surface area contributed by atoms with Gasteiger partial charge in [0.05, 0.1) is 17.3 Å². The molecule has 2 heterocycles. The Kier molecular flexibility index (Phi) is 5.35. The third-order valence-corrected chi connectivity index (χ3v) is 5.17. The Morgan fingerprint density at radius 3 is 2.18 bits per heavy atom. The number of para-hydroxylation sites is 1. The molecule has 1 amide bonds. The van der Waals surface area contributed by atoms with Crippen molar-refractivity contribution in [3.8, 4) is 0 Å². The highest BCUT2D eigenvalue weighted by Gasteiger charge is 2.41. The zero-order valence-electron chi connectivity index (χ0n) is 15.6. The normalized spacial score (nSPS) is 15.6. The molecule has 5 nitrogen and oxygen atoms in total. The van der Waals surface area contributed by atoms with Gasteiger partial charge in [0.15, 0.2) is 0 Å². The zero-order chi connectivity index (χ0) is 19.2. The summed E-state index contributed by atoms with van der Waals surface area (Å²) in [5.74, 6) is 0.723. The molecule has 3 aromatic rings. The van der Waals surface area contributed by atoms with Gasteiger partial charge in [0.2, 0.25) is 5.91 Å². The van der Waals surface area contributed by atoms with Gasteiger partial charge in [-0.2, -0.15) is 0 Å². The second kappa shape index (κ2) is 8.23. The van der Waals surface area contributed by atoms with Gasteiger partial charge in [0.25, 0.3) is 0 Å². The third kappa shape index (κ3) is 3.89. The molecule has 4 rings (SSSR count). The number of nitrogens with zero attached hydrogens (tertiary/aromatic N) is 1. The van der Waals surface area contributed by atoms with Gasteiger partial charge in [-0.15, -0.1) is 0 Å². The minimum atomic E-state index is -0.569. The van der Waals surface area contributed by atoms with Crippen LogP contribution >= 0.6 is 0 Å². The standard InChI is InChI=1S/C23H23N3O2/c27-22(23(13-15-28-16-14-23)18-7-3-1-4-8-18)26-20-11-12-21(24-17-20)25-19-9-5-2-6-10-19/h1-12,17H,13-16H2,(H,24,25)(H,26,27). The minimum Gasteiger partial charge on any atom is -0.381 e. The van der Waals surface area contributed by atoms with Crippen LogP contribution in [0.3, 0.4) is 0 Å². The van der Waals surface area contributed by atoms with Crippen LogP contribution in [0.5, 0.6) is 0 Å². The van der Waals surface area contributed by atoms with Crippen molar-refractivity contribution in [2.45, 2.75) is 18.3 Å². The van der Waals surface area contributed by atoms with E-state index < -0.39 is 5.41 Å². The number of hydrogen-bond donors (Lipinski definition) is 2. The Morgan fingerprint density at radius 1 is 0.857 bits per heavy atom. The van der Waals surface area contributed by atoms with E-state index in [1.165, 1.54) is 0 Å². The first-order chi connectivity index (χ1) is 13.8. The van der Waals surface area contributed by atoms with E-state index in [1.54, 1.807) is 6.20 Å². The topological polar surface area (TPSA) is 63.2 Å². The Morgan fingerprint density at radius 2 is 1.54 bits per heavy atom. The van der Waals surface area contributed by atoms with Crippen molar-refractivity contribution in [1.29, 1.82) is 0 Å². The first-order valence-electron chi connectivity index (χ1n) is 9.49. The molecule has 0 spiro atoms. The predicted octanol–water partition coefficient (Wildman–Crippen LogP) is 4.51. The Bertz CT molecular complexity index is 906. The number of anilines is 3. The van der Waals surface area contributed by atoms with Crippen LogP contribution in [0.1, 0.15) is 18.4 Å². The minimum absolute atomic E-state index is 0.00688. The van der Waals surface area contributed by atoms with Crippen LogP contribution in [-0.2, 0) is 14.9 Å². The second-order valence-corrected chi connectivity index (χ2v) is 6.94. The number of aromatic nitrogens is 1. The number of ether oxygens (including phenoxy) is 1. The lowest BCUT2D eigenvalue weighted by molar-refractivity contribution is -0.125. The number of hydrogen-bond acceptors (Lipinski definition) is 4. The van der Waals surface area contributed by atoms with E-state index in [1.807, 2.05) is 72.8 Å². The van der Waals surface area contributed by atoms with Gasteiger partial charge in [-0.1, -0.05) is 48.5 Å². The highest BCUT2D eigenvalue weighted by atomic mass is 16.5. The summed E-state index contributed by atoms with van der Waals surface area (Å²) in [4.78, 5) is 17.7. The Hall–Kier alpha value is -3.18. The van der Waals surface area contributed by atoms with E-state index in [-0.39, 0.29) is 5.91 Å². The van der Waals surface area contributed by atoms with E-state index in [4.69, 9.17) is 4.74 Å². The number of pyridine rings is 1. The molecule has 2 N–H and O–H groups in total. The highest BCUT2D eigenvalue weighted by molar-refractivity contribution is 5.99. The molecule has 1 fully saturated rings. The predicted molar refractivity (Wildman–Crippen MR) is 111 cm³/mol. The summed E-state index contributed by atoms with van der Waals surface area (Å²) in [6.07, 6.45) is 3.02. The molecule has 0 bridgehead atoms. The summed E-state index contributed by atoms with van der Waals surface area (Å²) in [6, 6.07) is 23.6. The molecule has 1 aliphatic heterocycles. The van der Waals surface area contributed by atoms with E-state index >= 15 is 0 Å². The molecule has 1 aliphatic rings. The molecular formula is C23H23N3O2. The monoisotopic (exact) mass is 373 g/mol. The molecule has 0 unspecified atom stereocenters. The van der Waals surface area contributed by atoms with Crippen molar-refractivity contribution < 1.29 is 9.53 Å². The third-order valence-electron chi connectivity index (χ3n) is 5.17. The first kappa shape index (κ1) is 18.2. The molecule has 2 aromatic carbocycles. The van der Waals surface area contributed by atoms with Gasteiger partial charge in [-0.05, 0) is 42.7 Å². The lowest BCUT2D eigenvalue weighted by Crippen LogP contribution is -2.44. The Balaban J connectivity index is 1.50. The summed E-state index contributed by atoms with van der Waals surface area (Å²) < 4.78 is 5.52. The van der Waals surface area contributed by atoms with E-state index in [0.29, 0.717) is 31.7 Å². The molecule has 5 heteroatoms. The molecular weight excluding hydrogens is 350 g/mol. The maximum absolute atomic E-state index is 13.3. The van der Waals surface area contributed by atoms with Gasteiger partial charge >= 0.3 is 0 Å². The quantitative estimate of drug-likeness (QED) is 0.691. The molecule has 0 atom stereocenters. The van der Waals surface area contributed by atoms with Gasteiger partial charge in [-0.25, -0.2) is 4.98 Å². The maximum atomic E-state index is 13.3. The molecule has 0 saturated carbocycles. The average molecular weight is 373 g/mol. The van der Waals surface area contributed by atoms with E-state index in [9.17, 15) is 4.79 Å². The number of amides is 1. The number of carbonyl (C=O) groups is 1. The highest BCUT2D eigenvalue weighted by Crippen LogP contribution is 2.36. The fourth-order valence-corrected chi connectivity index (χ4v) is 3.59. The van der Waals surface area contributed by atoms with Crippen LogP contribution in [0.4, 0.5) is 17.2 Å². The summed E-state index contributed by atoms with van der Waals surface area (Å²) in [5, 5.41) is 6.30. The second-order valence-electron chi connectivity index (χ2n) is 6.94. The largest absolute Gasteiger partial charge is 0.381 e. The molecule has 1 saturated heterocycles. The van der Waals surface area contributed by atoms with E-state index in [2.05, 4.69) is 15.6 Å². The van der Waals surface area contributed by atoms with Crippen LogP contribution in [-0.4, -0.2) is 24.1 Å². The van der Waals surface area contributed by atoms with Crippen molar-refractivity contribution in [3.05, 3.63) is 84.6 Å². The van der Waals surface area contributed by atoms with Crippen LogP contribution in [0.15, 0.2) is 79.0 Å². The van der Waals surface area contributed by atoms with Crippen LogP contribution < -0.4 is 10.6 Å². The molecule has 0 radical (unpaired) electrons. The van der Waals surface area contributed by atoms with E-state index in [0.717, 1.165) is 17.1 Å². The SMILES string of the molecule is O=C(Nc1ccc(Nc2ccccc2)nc1)C1(c2ccccc2)CCOCC1.